The number of nitrogens with zero attached hydrogens (tertiary/aromatic N) is 1. The van der Waals surface area contributed by atoms with Crippen molar-refractivity contribution in [3.63, 3.8) is 0 Å². The summed E-state index contributed by atoms with van der Waals surface area (Å²) in [6.45, 7) is 19.3. The lowest BCUT2D eigenvalue weighted by Crippen LogP contribution is -2.60. The second kappa shape index (κ2) is 13.9. The highest BCUT2D eigenvalue weighted by atomic mass is 16.7. The summed E-state index contributed by atoms with van der Waals surface area (Å²) in [5.74, 6) is -3.42. The molecule has 10 heteroatoms. The maximum absolute atomic E-state index is 14.1. The number of hydrogen-bond acceptors (Lipinski definition) is 10. The summed E-state index contributed by atoms with van der Waals surface area (Å²) in [7, 11) is 5.35. The molecule has 14 atom stereocenters. The van der Waals surface area contributed by atoms with Gasteiger partial charge in [-0.3, -0.25) is 9.59 Å². The SMILES string of the molecule is C=C1CO[C@]2(C)[C@@H](CC)OC(=O)[C@H](C)[C@@H](O)[C@H](C)[C@@H](O[C@@H]3O[C@H](C)C[C@H](N(C)C)[C@H]3O)[C@](C)(OC)C[C@@H](C)C(=O)C(C)[C@H]12. The number of hydrogen-bond donors (Lipinski definition) is 2. The Hall–Kier alpha value is -1.40. The van der Waals surface area contributed by atoms with Crippen molar-refractivity contribution in [1.82, 2.24) is 4.90 Å². The molecule has 0 radical (unpaired) electrons. The van der Waals surface area contributed by atoms with Crippen molar-refractivity contribution in [1.29, 1.82) is 0 Å². The Morgan fingerprint density at radius 1 is 1.05 bits per heavy atom. The lowest BCUT2D eigenvalue weighted by Gasteiger charge is -2.48. The van der Waals surface area contributed by atoms with E-state index in [0.717, 1.165) is 5.57 Å². The fourth-order valence-corrected chi connectivity index (χ4v) is 7.86. The number of aliphatic hydroxyl groups excluding tert-OH is 2. The Morgan fingerprint density at radius 2 is 1.67 bits per heavy atom. The fraction of sp³-hybridized carbons (Fsp3) is 0.879. The van der Waals surface area contributed by atoms with Gasteiger partial charge in [-0.25, -0.2) is 0 Å². The normalized spacial score (nSPS) is 47.3. The number of Topliss-reactive ketones (excluding diaryl/α,β-unsaturated/α-hetero) is 1. The third-order valence-electron chi connectivity index (χ3n) is 10.6. The minimum atomic E-state index is -1.19. The number of methoxy groups -OCH3 is 1. The number of cyclic esters (lactones) is 1. The first kappa shape index (κ1) is 36.1. The van der Waals surface area contributed by atoms with Crippen molar-refractivity contribution in [3.05, 3.63) is 12.2 Å². The monoisotopic (exact) mass is 611 g/mol. The summed E-state index contributed by atoms with van der Waals surface area (Å²) in [4.78, 5) is 29.6. The van der Waals surface area contributed by atoms with Gasteiger partial charge in [0.1, 0.15) is 23.6 Å². The van der Waals surface area contributed by atoms with E-state index in [2.05, 4.69) is 6.58 Å². The maximum Gasteiger partial charge on any atom is 0.311 e. The van der Waals surface area contributed by atoms with E-state index in [1.54, 1.807) is 21.0 Å². The Bertz CT molecular complexity index is 1000. The van der Waals surface area contributed by atoms with Crippen LogP contribution in [-0.4, -0.2) is 109 Å². The fourth-order valence-electron chi connectivity index (χ4n) is 7.86. The van der Waals surface area contributed by atoms with Crippen LogP contribution in [0.2, 0.25) is 0 Å². The third kappa shape index (κ3) is 7.05. The van der Waals surface area contributed by atoms with Crippen LogP contribution < -0.4 is 0 Å². The molecule has 0 aromatic rings. The van der Waals surface area contributed by atoms with Crippen LogP contribution >= 0.6 is 0 Å². The van der Waals surface area contributed by atoms with E-state index in [9.17, 15) is 19.8 Å². The highest BCUT2D eigenvalue weighted by Gasteiger charge is 2.55. The van der Waals surface area contributed by atoms with E-state index < -0.39 is 71.5 Å². The lowest BCUT2D eigenvalue weighted by atomic mass is 9.69. The zero-order valence-electron chi connectivity index (χ0n) is 28.2. The average molecular weight is 612 g/mol. The molecule has 0 spiro atoms. The number of esters is 1. The summed E-state index contributed by atoms with van der Waals surface area (Å²) >= 11 is 0. The number of carbonyl (C=O) groups is 2. The Balaban J connectivity index is 2.09. The van der Waals surface area contributed by atoms with Crippen molar-refractivity contribution in [2.45, 2.75) is 129 Å². The topological polar surface area (TPSA) is 124 Å². The van der Waals surface area contributed by atoms with Gasteiger partial charge in [-0.05, 0) is 66.6 Å². The van der Waals surface area contributed by atoms with Gasteiger partial charge < -0.3 is 38.8 Å². The molecule has 0 saturated carbocycles. The first-order valence-electron chi connectivity index (χ1n) is 15.9. The van der Waals surface area contributed by atoms with Gasteiger partial charge >= 0.3 is 5.97 Å². The summed E-state index contributed by atoms with van der Waals surface area (Å²) in [6, 6.07) is -0.210. The Labute approximate surface area is 258 Å². The van der Waals surface area contributed by atoms with Crippen LogP contribution in [0, 0.1) is 29.6 Å². The van der Waals surface area contributed by atoms with Gasteiger partial charge in [0.25, 0.3) is 0 Å². The van der Waals surface area contributed by atoms with Crippen LogP contribution in [-0.2, 0) is 33.3 Å². The van der Waals surface area contributed by atoms with E-state index in [0.29, 0.717) is 12.8 Å². The van der Waals surface area contributed by atoms with E-state index in [1.165, 1.54) is 0 Å². The first-order chi connectivity index (χ1) is 19.9. The number of carbonyl (C=O) groups excluding carboxylic acids is 2. The molecule has 3 aliphatic rings. The van der Waals surface area contributed by atoms with Crippen molar-refractivity contribution >= 4 is 11.8 Å². The first-order valence-corrected chi connectivity index (χ1v) is 15.9. The molecule has 3 saturated heterocycles. The van der Waals surface area contributed by atoms with E-state index >= 15 is 0 Å². The summed E-state index contributed by atoms with van der Waals surface area (Å²) < 4.78 is 31.1. The average Bonchev–Trinajstić information content (AvgIpc) is 3.27. The van der Waals surface area contributed by atoms with Crippen LogP contribution in [0.5, 0.6) is 0 Å². The molecule has 3 heterocycles. The molecule has 43 heavy (non-hydrogen) atoms. The summed E-state index contributed by atoms with van der Waals surface area (Å²) in [5.41, 5.74) is -1.25. The van der Waals surface area contributed by atoms with Gasteiger partial charge in [-0.2, -0.15) is 0 Å². The maximum atomic E-state index is 14.1. The summed E-state index contributed by atoms with van der Waals surface area (Å²) in [5, 5.41) is 23.0. The zero-order valence-corrected chi connectivity index (χ0v) is 28.2. The van der Waals surface area contributed by atoms with Crippen LogP contribution in [0.25, 0.3) is 0 Å². The van der Waals surface area contributed by atoms with E-state index in [-0.39, 0.29) is 36.9 Å². The molecule has 0 amide bonds. The number of rotatable bonds is 5. The summed E-state index contributed by atoms with van der Waals surface area (Å²) in [6.07, 6.45) is -3.50. The Morgan fingerprint density at radius 3 is 2.23 bits per heavy atom. The van der Waals surface area contributed by atoms with Crippen molar-refractivity contribution in [2.24, 2.45) is 29.6 Å². The van der Waals surface area contributed by atoms with Crippen LogP contribution in [0.3, 0.4) is 0 Å². The molecule has 1 unspecified atom stereocenters. The molecule has 10 nitrogen and oxygen atoms in total. The molecule has 248 valence electrons. The molecule has 3 aliphatic heterocycles. The molecular weight excluding hydrogens is 554 g/mol. The highest BCUT2D eigenvalue weighted by Crippen LogP contribution is 2.46. The zero-order chi connectivity index (χ0) is 32.6. The second-order valence-corrected chi connectivity index (χ2v) is 14.0. The van der Waals surface area contributed by atoms with Gasteiger partial charge in [0.15, 0.2) is 6.29 Å². The van der Waals surface area contributed by atoms with Crippen LogP contribution in [0.15, 0.2) is 12.2 Å². The number of ether oxygens (including phenoxy) is 5. The number of likely N-dealkylation sites (N-methyl/N-ethyl adjacent to an activating group) is 1. The van der Waals surface area contributed by atoms with Gasteiger partial charge in [-0.15, -0.1) is 0 Å². The molecule has 0 aromatic carbocycles. The molecule has 2 N–H and O–H groups in total. The molecule has 3 rings (SSSR count). The predicted octanol–water partition coefficient (Wildman–Crippen LogP) is 3.36. The quantitative estimate of drug-likeness (QED) is 0.353. The molecule has 0 aliphatic carbocycles. The van der Waals surface area contributed by atoms with Gasteiger partial charge in [0, 0.05) is 36.8 Å². The number of aliphatic hydroxyl groups is 2. The molecule has 0 aromatic heterocycles. The van der Waals surface area contributed by atoms with Crippen LogP contribution in [0.1, 0.15) is 74.7 Å². The van der Waals surface area contributed by atoms with E-state index in [4.69, 9.17) is 23.7 Å². The molecule has 3 fully saturated rings. The number of ketones is 1. The minimum absolute atomic E-state index is 0.0138. The molecule has 0 bridgehead atoms. The standard InChI is InChI=1S/C33H57NO9/c1-13-24-33(9)25(18(3)16-40-33)20(5)26(35)17(2)15-32(8,39-12)29(21(6)27(36)22(7)30(38)42-24)43-31-28(37)23(34(10)11)14-19(4)41-31/h17,19-25,27-29,31,36-37H,3,13-16H2,1-2,4-12H3/t17-,19-,20?,21+,22-,23+,24-,25+,27+,28-,29-,31+,32-,33-/m1/s1. The van der Waals surface area contributed by atoms with Crippen LogP contribution in [0.4, 0.5) is 0 Å². The van der Waals surface area contributed by atoms with E-state index in [1.807, 2.05) is 60.5 Å². The largest absolute Gasteiger partial charge is 0.459 e. The second-order valence-electron chi connectivity index (χ2n) is 14.0. The highest BCUT2D eigenvalue weighted by molar-refractivity contribution is 5.84. The minimum Gasteiger partial charge on any atom is -0.459 e. The lowest BCUT2D eigenvalue weighted by molar-refractivity contribution is -0.301. The van der Waals surface area contributed by atoms with Crippen molar-refractivity contribution < 1.29 is 43.5 Å². The van der Waals surface area contributed by atoms with Gasteiger partial charge in [0.05, 0.1) is 36.4 Å². The van der Waals surface area contributed by atoms with Gasteiger partial charge in [0.2, 0.25) is 0 Å². The number of fused-ring (bicyclic) bond motifs is 1. The smallest absolute Gasteiger partial charge is 0.311 e. The van der Waals surface area contributed by atoms with Crippen molar-refractivity contribution in [3.8, 4) is 0 Å². The predicted molar refractivity (Wildman–Crippen MR) is 162 cm³/mol. The van der Waals surface area contributed by atoms with Gasteiger partial charge in [-0.1, -0.05) is 34.3 Å². The Kier molecular flexibility index (Phi) is 11.7. The molecular formula is C33H57NO9. The van der Waals surface area contributed by atoms with Crippen molar-refractivity contribution in [2.75, 3.05) is 27.8 Å². The third-order valence-corrected chi connectivity index (χ3v) is 10.6.